The van der Waals surface area contributed by atoms with Crippen molar-refractivity contribution in [1.29, 1.82) is 0 Å². The summed E-state index contributed by atoms with van der Waals surface area (Å²) in [4.78, 5) is 12.4. The van der Waals surface area contributed by atoms with Crippen molar-refractivity contribution in [3.8, 4) is 11.4 Å². The Balaban J connectivity index is 1.73. The molecule has 3 aromatic rings. The Labute approximate surface area is 159 Å². The molecule has 5 nitrogen and oxygen atoms in total. The van der Waals surface area contributed by atoms with Crippen LogP contribution in [0.3, 0.4) is 0 Å². The van der Waals surface area contributed by atoms with Crippen molar-refractivity contribution in [1.82, 2.24) is 14.8 Å². The maximum absolute atomic E-state index is 13.3. The maximum Gasteiger partial charge on any atom is 0.237 e. The van der Waals surface area contributed by atoms with Gasteiger partial charge in [0.2, 0.25) is 5.91 Å². The molecule has 1 heterocycles. The number of halogens is 2. The van der Waals surface area contributed by atoms with Crippen molar-refractivity contribution in [2.24, 2.45) is 0 Å². The van der Waals surface area contributed by atoms with Gasteiger partial charge in [-0.15, -0.1) is 10.2 Å². The number of carbonyl (C=O) groups excluding carboxylic acids is 1. The number of nitrogens with one attached hydrogen (secondary N) is 1. The van der Waals surface area contributed by atoms with E-state index in [1.54, 1.807) is 6.92 Å². The van der Waals surface area contributed by atoms with Gasteiger partial charge in [0.05, 0.1) is 5.25 Å². The molecule has 1 atom stereocenters. The summed E-state index contributed by atoms with van der Waals surface area (Å²) in [6.45, 7) is 4.35. The fourth-order valence-electron chi connectivity index (χ4n) is 2.49. The summed E-state index contributed by atoms with van der Waals surface area (Å²) in [5.41, 5.74) is 1.14. The summed E-state index contributed by atoms with van der Waals surface area (Å²) in [7, 11) is 0. The van der Waals surface area contributed by atoms with Crippen LogP contribution >= 0.6 is 11.8 Å². The number of thioether (sulfide) groups is 1. The van der Waals surface area contributed by atoms with E-state index in [4.69, 9.17) is 0 Å². The molecule has 1 amide bonds. The van der Waals surface area contributed by atoms with E-state index in [0.717, 1.165) is 23.5 Å². The number of nitrogens with zero attached hydrogens (tertiary/aromatic N) is 3. The topological polar surface area (TPSA) is 59.8 Å². The first-order valence-electron chi connectivity index (χ1n) is 8.40. The zero-order valence-corrected chi connectivity index (χ0v) is 15.6. The van der Waals surface area contributed by atoms with Gasteiger partial charge < -0.3 is 9.88 Å². The smallest absolute Gasteiger partial charge is 0.237 e. The molecule has 140 valence electrons. The minimum Gasteiger partial charge on any atom is -0.325 e. The zero-order valence-electron chi connectivity index (χ0n) is 14.8. The predicted molar refractivity (Wildman–Crippen MR) is 101 cm³/mol. The van der Waals surface area contributed by atoms with E-state index in [2.05, 4.69) is 15.5 Å². The van der Waals surface area contributed by atoms with Crippen LogP contribution in [-0.4, -0.2) is 25.9 Å². The second-order valence-corrected chi connectivity index (χ2v) is 7.10. The highest BCUT2D eigenvalue weighted by atomic mass is 32.2. The highest BCUT2D eigenvalue weighted by molar-refractivity contribution is 8.00. The molecular formula is C19H18F2N4OS. The molecule has 0 fully saturated rings. The Morgan fingerprint density at radius 1 is 1.15 bits per heavy atom. The number of hydrogen-bond donors (Lipinski definition) is 1. The molecule has 3 rings (SSSR count). The van der Waals surface area contributed by atoms with Gasteiger partial charge in [-0.2, -0.15) is 0 Å². The highest BCUT2D eigenvalue weighted by Gasteiger charge is 2.20. The van der Waals surface area contributed by atoms with Crippen LogP contribution in [0.15, 0.2) is 53.7 Å². The van der Waals surface area contributed by atoms with E-state index in [0.29, 0.717) is 11.7 Å². The Morgan fingerprint density at radius 3 is 2.56 bits per heavy atom. The van der Waals surface area contributed by atoms with Gasteiger partial charge >= 0.3 is 0 Å². The van der Waals surface area contributed by atoms with Crippen molar-refractivity contribution < 1.29 is 13.6 Å². The molecule has 0 spiro atoms. The number of benzene rings is 2. The predicted octanol–water partition coefficient (Wildman–Crippen LogP) is 4.36. The third-order valence-corrected chi connectivity index (χ3v) is 4.98. The first-order valence-corrected chi connectivity index (χ1v) is 9.28. The van der Waals surface area contributed by atoms with Crippen molar-refractivity contribution in [3.63, 3.8) is 0 Å². The second kappa shape index (κ2) is 8.30. The van der Waals surface area contributed by atoms with Crippen LogP contribution in [0, 0.1) is 11.6 Å². The first-order chi connectivity index (χ1) is 13.0. The van der Waals surface area contributed by atoms with E-state index < -0.39 is 16.9 Å². The molecule has 0 saturated heterocycles. The second-order valence-electron chi connectivity index (χ2n) is 5.79. The van der Waals surface area contributed by atoms with Gasteiger partial charge in [-0.3, -0.25) is 4.79 Å². The Kier molecular flexibility index (Phi) is 5.85. The molecule has 0 radical (unpaired) electrons. The summed E-state index contributed by atoms with van der Waals surface area (Å²) >= 11 is 1.25. The van der Waals surface area contributed by atoms with Crippen molar-refractivity contribution in [2.45, 2.75) is 30.8 Å². The molecule has 0 aliphatic heterocycles. The Bertz CT molecular complexity index is 946. The first kappa shape index (κ1) is 19.0. The van der Waals surface area contributed by atoms with E-state index in [-0.39, 0.29) is 11.6 Å². The molecule has 1 aromatic heterocycles. The lowest BCUT2D eigenvalue weighted by Gasteiger charge is -2.13. The van der Waals surface area contributed by atoms with E-state index in [9.17, 15) is 13.6 Å². The number of amides is 1. The Morgan fingerprint density at radius 2 is 1.89 bits per heavy atom. The average Bonchev–Trinajstić information content (AvgIpc) is 3.08. The van der Waals surface area contributed by atoms with E-state index in [1.807, 2.05) is 41.8 Å². The molecule has 0 aliphatic rings. The van der Waals surface area contributed by atoms with Crippen LogP contribution in [0.2, 0.25) is 0 Å². The van der Waals surface area contributed by atoms with Crippen molar-refractivity contribution >= 4 is 23.4 Å². The van der Waals surface area contributed by atoms with E-state index >= 15 is 0 Å². The molecule has 0 aliphatic carbocycles. The monoisotopic (exact) mass is 388 g/mol. The lowest BCUT2D eigenvalue weighted by molar-refractivity contribution is -0.115. The van der Waals surface area contributed by atoms with Crippen LogP contribution in [0.4, 0.5) is 14.5 Å². The Hall–Kier alpha value is -2.74. The summed E-state index contributed by atoms with van der Waals surface area (Å²) < 4.78 is 28.2. The number of hydrogen-bond acceptors (Lipinski definition) is 4. The number of rotatable bonds is 6. The SMILES string of the molecule is CCn1c(S[C@H](C)C(=O)Nc2ccc(F)c(F)c2)nnc1-c1ccccc1. The molecule has 0 unspecified atom stereocenters. The largest absolute Gasteiger partial charge is 0.325 e. The summed E-state index contributed by atoms with van der Waals surface area (Å²) in [6.07, 6.45) is 0. The standard InChI is InChI=1S/C19H18F2N4OS/c1-3-25-17(13-7-5-4-6-8-13)23-24-19(25)27-12(2)18(26)22-14-9-10-15(20)16(21)11-14/h4-12H,3H2,1-2H3,(H,22,26)/t12-/m1/s1. The number of aromatic nitrogens is 3. The van der Waals surface area contributed by atoms with Crippen LogP contribution < -0.4 is 5.32 Å². The van der Waals surface area contributed by atoms with Gasteiger partial charge in [0.15, 0.2) is 22.6 Å². The van der Waals surface area contributed by atoms with E-state index in [1.165, 1.54) is 17.8 Å². The normalized spacial score (nSPS) is 12.0. The molecule has 0 saturated carbocycles. The molecule has 2 aromatic carbocycles. The number of carbonyl (C=O) groups is 1. The van der Waals surface area contributed by atoms with Crippen LogP contribution in [0.5, 0.6) is 0 Å². The average molecular weight is 388 g/mol. The molecule has 8 heteroatoms. The highest BCUT2D eigenvalue weighted by Crippen LogP contribution is 2.27. The molecule has 27 heavy (non-hydrogen) atoms. The van der Waals surface area contributed by atoms with Crippen molar-refractivity contribution in [2.75, 3.05) is 5.32 Å². The summed E-state index contributed by atoms with van der Waals surface area (Å²) in [6, 6.07) is 12.9. The van der Waals surface area contributed by atoms with Gasteiger partial charge in [0.1, 0.15) is 0 Å². The van der Waals surface area contributed by atoms with Gasteiger partial charge in [-0.05, 0) is 26.0 Å². The lowest BCUT2D eigenvalue weighted by Crippen LogP contribution is -2.23. The fourth-order valence-corrected chi connectivity index (χ4v) is 3.40. The molecular weight excluding hydrogens is 370 g/mol. The minimum absolute atomic E-state index is 0.202. The third-order valence-electron chi connectivity index (χ3n) is 3.90. The quantitative estimate of drug-likeness (QED) is 0.638. The van der Waals surface area contributed by atoms with Crippen LogP contribution in [0.1, 0.15) is 13.8 Å². The minimum atomic E-state index is -1.01. The van der Waals surface area contributed by atoms with Crippen molar-refractivity contribution in [3.05, 3.63) is 60.2 Å². The molecule has 0 bridgehead atoms. The zero-order chi connectivity index (χ0) is 19.4. The van der Waals surface area contributed by atoms with Crippen LogP contribution in [0.25, 0.3) is 11.4 Å². The summed E-state index contributed by atoms with van der Waals surface area (Å²) in [5, 5.41) is 11.1. The number of anilines is 1. The summed E-state index contributed by atoms with van der Waals surface area (Å²) in [5.74, 6) is -1.57. The van der Waals surface area contributed by atoms with Gasteiger partial charge in [-0.1, -0.05) is 42.1 Å². The molecule has 1 N–H and O–H groups in total. The van der Waals surface area contributed by atoms with Gasteiger partial charge in [0, 0.05) is 23.9 Å². The maximum atomic E-state index is 13.3. The third kappa shape index (κ3) is 4.33. The van der Waals surface area contributed by atoms with Gasteiger partial charge in [-0.25, -0.2) is 8.78 Å². The fraction of sp³-hybridized carbons (Fsp3) is 0.211. The van der Waals surface area contributed by atoms with Crippen LogP contribution in [-0.2, 0) is 11.3 Å². The van der Waals surface area contributed by atoms with Gasteiger partial charge in [0.25, 0.3) is 0 Å². The lowest BCUT2D eigenvalue weighted by atomic mass is 10.2.